The highest BCUT2D eigenvalue weighted by atomic mass is 19.1. The molecular formula is C33H38F2N6O2. The Hall–Kier alpha value is -3.63. The fourth-order valence-electron chi connectivity index (χ4n) is 7.51. The standard InChI is InChI=1S/C26H26FN5O2.C7H12FN/c1-3-14-5-4-6-15-9-18(33)10-19(21(14)15)23-22(27)24-20(11-28-23)25(31-26(30-24)34-2)32-12-16-7-8-17(13-32)29-16;8-6-4-7-2-1-3-9(7)5-6/h4-6,9-11,16-17,29,33H,3,7-8,12-13H2,1-2H3;6-7H,1-5H2. The number of halogens is 2. The van der Waals surface area contributed by atoms with Crippen molar-refractivity contribution in [3.63, 3.8) is 0 Å². The minimum atomic E-state index is -0.546. The topological polar surface area (TPSA) is 86.6 Å². The van der Waals surface area contributed by atoms with Crippen LogP contribution in [0.1, 0.15) is 44.6 Å². The summed E-state index contributed by atoms with van der Waals surface area (Å²) in [4.78, 5) is 18.0. The van der Waals surface area contributed by atoms with E-state index in [0.29, 0.717) is 41.4 Å². The highest BCUT2D eigenvalue weighted by molar-refractivity contribution is 6.01. The van der Waals surface area contributed by atoms with E-state index in [-0.39, 0.29) is 23.0 Å². The van der Waals surface area contributed by atoms with E-state index >= 15 is 4.39 Å². The molecule has 4 aromatic rings. The van der Waals surface area contributed by atoms with Crippen molar-refractivity contribution in [3.8, 4) is 23.0 Å². The second-order valence-corrected chi connectivity index (χ2v) is 12.2. The van der Waals surface area contributed by atoms with Gasteiger partial charge in [0.15, 0.2) is 5.82 Å². The number of aryl methyl sites for hydroxylation is 1. The van der Waals surface area contributed by atoms with Gasteiger partial charge in [-0.2, -0.15) is 9.97 Å². The molecule has 0 radical (unpaired) electrons. The lowest BCUT2D eigenvalue weighted by atomic mass is 9.95. The molecule has 0 saturated carbocycles. The largest absolute Gasteiger partial charge is 0.508 e. The van der Waals surface area contributed by atoms with Crippen molar-refractivity contribution in [1.82, 2.24) is 25.2 Å². The predicted octanol–water partition coefficient (Wildman–Crippen LogP) is 5.39. The number of nitrogens with zero attached hydrogens (tertiary/aromatic N) is 5. The summed E-state index contributed by atoms with van der Waals surface area (Å²) in [6.07, 6.45) is 7.49. The summed E-state index contributed by atoms with van der Waals surface area (Å²) in [5, 5.41) is 16.3. The number of ether oxygens (including phenoxy) is 1. The molecule has 4 saturated heterocycles. The highest BCUT2D eigenvalue weighted by Gasteiger charge is 2.35. The van der Waals surface area contributed by atoms with E-state index < -0.39 is 12.0 Å². The maximum Gasteiger partial charge on any atom is 0.318 e. The molecule has 0 spiro atoms. The van der Waals surface area contributed by atoms with Crippen molar-refractivity contribution in [3.05, 3.63) is 47.9 Å². The average molecular weight is 589 g/mol. The number of methoxy groups -OCH3 is 1. The van der Waals surface area contributed by atoms with Crippen LogP contribution in [0, 0.1) is 5.82 Å². The fraction of sp³-hybridized carbons (Fsp3) is 0.485. The normalized spacial score (nSPS) is 24.8. The molecule has 0 amide bonds. The molecule has 4 atom stereocenters. The Morgan fingerprint density at radius 3 is 2.65 bits per heavy atom. The monoisotopic (exact) mass is 588 g/mol. The molecule has 8 rings (SSSR count). The number of aromatic nitrogens is 3. The van der Waals surface area contributed by atoms with Gasteiger partial charge in [-0.1, -0.05) is 25.1 Å². The number of aromatic hydroxyl groups is 1. The number of hydrogen-bond acceptors (Lipinski definition) is 8. The second-order valence-electron chi connectivity index (χ2n) is 12.2. The molecular weight excluding hydrogens is 550 g/mol. The van der Waals surface area contributed by atoms with E-state index in [1.165, 1.54) is 20.0 Å². The molecule has 2 aromatic heterocycles. The molecule has 2 bridgehead atoms. The molecule has 4 unspecified atom stereocenters. The third-order valence-electron chi connectivity index (χ3n) is 9.49. The van der Waals surface area contributed by atoms with Gasteiger partial charge in [-0.15, -0.1) is 0 Å². The summed E-state index contributed by atoms with van der Waals surface area (Å²) in [6, 6.07) is 10.7. The molecule has 4 aliphatic heterocycles. The minimum Gasteiger partial charge on any atom is -0.508 e. The van der Waals surface area contributed by atoms with Crippen LogP contribution in [-0.4, -0.2) is 82.5 Å². The molecule has 2 aromatic carbocycles. The van der Waals surface area contributed by atoms with Gasteiger partial charge >= 0.3 is 6.01 Å². The molecule has 0 aliphatic carbocycles. The molecule has 10 heteroatoms. The van der Waals surface area contributed by atoms with Crippen molar-refractivity contribution in [2.24, 2.45) is 0 Å². The number of benzene rings is 2. The number of phenolic OH excluding ortho intramolecular Hbond substituents is 1. The molecule has 4 aliphatic rings. The summed E-state index contributed by atoms with van der Waals surface area (Å²) < 4.78 is 34.1. The maximum atomic E-state index is 16.2. The van der Waals surface area contributed by atoms with Gasteiger partial charge in [-0.3, -0.25) is 9.88 Å². The fourth-order valence-corrected chi connectivity index (χ4v) is 7.51. The molecule has 226 valence electrons. The van der Waals surface area contributed by atoms with E-state index in [0.717, 1.165) is 61.7 Å². The van der Waals surface area contributed by atoms with Crippen LogP contribution in [0.2, 0.25) is 0 Å². The van der Waals surface area contributed by atoms with Crippen molar-refractivity contribution >= 4 is 27.5 Å². The first-order valence-corrected chi connectivity index (χ1v) is 15.5. The Kier molecular flexibility index (Phi) is 7.51. The van der Waals surface area contributed by atoms with Crippen LogP contribution in [0.3, 0.4) is 0 Å². The quantitative estimate of drug-likeness (QED) is 0.328. The highest BCUT2D eigenvalue weighted by Crippen LogP contribution is 2.39. The minimum absolute atomic E-state index is 0.0642. The molecule has 8 nitrogen and oxygen atoms in total. The molecule has 2 N–H and O–H groups in total. The van der Waals surface area contributed by atoms with Crippen molar-refractivity contribution in [1.29, 1.82) is 0 Å². The van der Waals surface area contributed by atoms with Crippen LogP contribution in [0.5, 0.6) is 11.8 Å². The lowest BCUT2D eigenvalue weighted by molar-refractivity contribution is 0.292. The van der Waals surface area contributed by atoms with E-state index in [1.54, 1.807) is 18.3 Å². The van der Waals surface area contributed by atoms with Gasteiger partial charge in [0.25, 0.3) is 0 Å². The summed E-state index contributed by atoms with van der Waals surface area (Å²) in [7, 11) is 1.49. The van der Waals surface area contributed by atoms with Gasteiger partial charge in [0.05, 0.1) is 12.5 Å². The van der Waals surface area contributed by atoms with Crippen LogP contribution in [-0.2, 0) is 6.42 Å². The zero-order valence-corrected chi connectivity index (χ0v) is 24.7. The lowest BCUT2D eigenvalue weighted by Crippen LogP contribution is -2.51. The van der Waals surface area contributed by atoms with Crippen LogP contribution in [0.4, 0.5) is 14.6 Å². The van der Waals surface area contributed by atoms with Crippen LogP contribution in [0.25, 0.3) is 32.9 Å². The summed E-state index contributed by atoms with van der Waals surface area (Å²) in [5.41, 5.74) is 1.93. The number of piperazine rings is 1. The van der Waals surface area contributed by atoms with Crippen molar-refractivity contribution in [2.75, 3.05) is 38.2 Å². The second kappa shape index (κ2) is 11.5. The number of alkyl halides is 1. The first kappa shape index (κ1) is 28.2. The van der Waals surface area contributed by atoms with Crippen LogP contribution >= 0.6 is 0 Å². The third-order valence-corrected chi connectivity index (χ3v) is 9.49. The molecule has 6 heterocycles. The zero-order chi connectivity index (χ0) is 29.7. The zero-order valence-electron chi connectivity index (χ0n) is 24.7. The number of phenols is 1. The average Bonchev–Trinajstić information content (AvgIpc) is 3.70. The number of hydrogen-bond donors (Lipinski definition) is 2. The maximum absolute atomic E-state index is 16.2. The number of rotatable bonds is 4. The van der Waals surface area contributed by atoms with Gasteiger partial charge in [0.2, 0.25) is 0 Å². The molecule has 4 fully saturated rings. The molecule has 43 heavy (non-hydrogen) atoms. The number of fused-ring (bicyclic) bond motifs is 5. The Morgan fingerprint density at radius 1 is 1.09 bits per heavy atom. The van der Waals surface area contributed by atoms with Gasteiger partial charge < -0.3 is 20.1 Å². The summed E-state index contributed by atoms with van der Waals surface area (Å²) in [5.74, 6) is 0.165. The Labute approximate surface area is 250 Å². The van der Waals surface area contributed by atoms with Gasteiger partial charge in [-0.25, -0.2) is 8.78 Å². The number of pyridine rings is 1. The third kappa shape index (κ3) is 5.25. The lowest BCUT2D eigenvalue weighted by Gasteiger charge is -2.34. The van der Waals surface area contributed by atoms with Crippen molar-refractivity contribution in [2.45, 2.75) is 69.7 Å². The number of nitrogens with one attached hydrogen (secondary N) is 1. The van der Waals surface area contributed by atoms with Gasteiger partial charge in [0.1, 0.15) is 28.9 Å². The van der Waals surface area contributed by atoms with Crippen molar-refractivity contribution < 1.29 is 18.6 Å². The van der Waals surface area contributed by atoms with E-state index in [1.807, 2.05) is 18.2 Å². The van der Waals surface area contributed by atoms with Gasteiger partial charge in [0, 0.05) is 49.5 Å². The van der Waals surface area contributed by atoms with Gasteiger partial charge in [-0.05, 0) is 73.5 Å². The smallest absolute Gasteiger partial charge is 0.318 e. The van der Waals surface area contributed by atoms with E-state index in [4.69, 9.17) is 4.74 Å². The van der Waals surface area contributed by atoms with E-state index in [2.05, 4.69) is 37.0 Å². The first-order valence-electron chi connectivity index (χ1n) is 15.5. The summed E-state index contributed by atoms with van der Waals surface area (Å²) >= 11 is 0. The number of anilines is 1. The Balaban J connectivity index is 0.000000283. The SMILES string of the molecule is CCc1cccc2cc(O)cc(-c3ncc4c(N5CC6CCC(C5)N6)nc(OC)nc4c3F)c12.FC1CC2CCCN2C1. The summed E-state index contributed by atoms with van der Waals surface area (Å²) in [6.45, 7) is 5.51. The van der Waals surface area contributed by atoms with Crippen LogP contribution in [0.15, 0.2) is 36.5 Å². The first-order chi connectivity index (χ1) is 20.9. The predicted molar refractivity (Wildman–Crippen MR) is 164 cm³/mol. The van der Waals surface area contributed by atoms with E-state index in [9.17, 15) is 9.50 Å². The Bertz CT molecular complexity index is 1640. The Morgan fingerprint density at radius 2 is 1.91 bits per heavy atom. The van der Waals surface area contributed by atoms with Crippen LogP contribution < -0.4 is 15.0 Å².